The van der Waals surface area contributed by atoms with Crippen molar-refractivity contribution in [3.63, 3.8) is 0 Å². The maximum absolute atomic E-state index is 8.94. The molecule has 138 valence electrons. The Morgan fingerprint density at radius 1 is 1.11 bits per heavy atom. The first-order valence-corrected chi connectivity index (χ1v) is 9.08. The van der Waals surface area contributed by atoms with E-state index in [1.807, 2.05) is 24.3 Å². The highest BCUT2D eigenvalue weighted by atomic mass is 16.5. The number of benzene rings is 2. The van der Waals surface area contributed by atoms with Gasteiger partial charge in [0.25, 0.3) is 0 Å². The van der Waals surface area contributed by atoms with Gasteiger partial charge in [0.05, 0.1) is 12.7 Å². The van der Waals surface area contributed by atoms with E-state index in [4.69, 9.17) is 10.00 Å². The summed E-state index contributed by atoms with van der Waals surface area (Å²) in [5.74, 6) is 1.71. The number of aromatic nitrogens is 2. The van der Waals surface area contributed by atoms with Crippen LogP contribution < -0.4 is 10.1 Å². The molecule has 0 unspecified atom stereocenters. The second-order valence-corrected chi connectivity index (χ2v) is 6.54. The highest BCUT2D eigenvalue weighted by Gasteiger charge is 2.18. The second kappa shape index (κ2) is 7.85. The third kappa shape index (κ3) is 3.53. The van der Waals surface area contributed by atoms with Crippen LogP contribution >= 0.6 is 0 Å². The van der Waals surface area contributed by atoms with Crippen LogP contribution in [0.3, 0.4) is 0 Å². The Bertz CT molecular complexity index is 1110. The molecule has 28 heavy (non-hydrogen) atoms. The van der Waals surface area contributed by atoms with Gasteiger partial charge < -0.3 is 15.0 Å². The molecule has 0 aliphatic rings. The third-order valence-corrected chi connectivity index (χ3v) is 4.89. The number of anilines is 1. The minimum atomic E-state index is 0.125. The smallest absolute Gasteiger partial charge is 0.125 e. The summed E-state index contributed by atoms with van der Waals surface area (Å²) in [4.78, 5) is 7.69. The molecule has 0 aliphatic carbocycles. The van der Waals surface area contributed by atoms with Crippen molar-refractivity contribution in [3.8, 4) is 11.8 Å². The minimum absolute atomic E-state index is 0.125. The summed E-state index contributed by atoms with van der Waals surface area (Å²) in [6.07, 6.45) is 3.66. The van der Waals surface area contributed by atoms with Gasteiger partial charge in [-0.3, -0.25) is 0 Å². The van der Waals surface area contributed by atoms with Crippen LogP contribution in [-0.4, -0.2) is 23.6 Å². The average Bonchev–Trinajstić information content (AvgIpc) is 3.19. The fourth-order valence-corrected chi connectivity index (χ4v) is 3.40. The van der Waals surface area contributed by atoms with Crippen LogP contribution in [-0.2, 0) is 0 Å². The number of pyridine rings is 1. The van der Waals surface area contributed by atoms with E-state index >= 15 is 0 Å². The summed E-state index contributed by atoms with van der Waals surface area (Å²) < 4.78 is 5.30. The number of ether oxygens (including phenoxy) is 1. The molecule has 5 heteroatoms. The lowest BCUT2D eigenvalue weighted by molar-refractivity contribution is 0.414. The summed E-state index contributed by atoms with van der Waals surface area (Å²) in [6, 6.07) is 22.2. The van der Waals surface area contributed by atoms with Crippen molar-refractivity contribution in [1.29, 1.82) is 5.26 Å². The third-order valence-electron chi connectivity index (χ3n) is 4.89. The molecule has 0 radical (unpaired) electrons. The molecular weight excluding hydrogens is 348 g/mol. The Balaban J connectivity index is 1.67. The van der Waals surface area contributed by atoms with Crippen molar-refractivity contribution in [1.82, 2.24) is 9.97 Å². The van der Waals surface area contributed by atoms with Gasteiger partial charge in [-0.15, -0.1) is 0 Å². The molecule has 4 rings (SSSR count). The van der Waals surface area contributed by atoms with Gasteiger partial charge in [-0.05, 0) is 41.5 Å². The SMILES string of the molecule is COc1ccc([C@@H](CNc2ccc(C#N)cn2)c2c[nH]c3ccccc23)cc1. The minimum Gasteiger partial charge on any atom is -0.497 e. The van der Waals surface area contributed by atoms with Gasteiger partial charge in [-0.2, -0.15) is 5.26 Å². The summed E-state index contributed by atoms with van der Waals surface area (Å²) in [5, 5.41) is 13.6. The molecule has 2 aromatic carbocycles. The van der Waals surface area contributed by atoms with Crippen LogP contribution in [0.5, 0.6) is 5.75 Å². The molecule has 2 N–H and O–H groups in total. The van der Waals surface area contributed by atoms with Crippen molar-refractivity contribution < 1.29 is 4.74 Å². The van der Waals surface area contributed by atoms with Crippen molar-refractivity contribution in [2.45, 2.75) is 5.92 Å². The number of aromatic amines is 1. The molecule has 0 bridgehead atoms. The Kier molecular flexibility index (Phi) is 4.94. The zero-order chi connectivity index (χ0) is 19.3. The van der Waals surface area contributed by atoms with Crippen molar-refractivity contribution in [3.05, 3.63) is 89.7 Å². The molecule has 1 atom stereocenters. The summed E-state index contributed by atoms with van der Waals surface area (Å²) in [5.41, 5.74) is 4.08. The molecule has 2 aromatic heterocycles. The summed E-state index contributed by atoms with van der Waals surface area (Å²) in [7, 11) is 1.67. The number of hydrogen-bond acceptors (Lipinski definition) is 4. The second-order valence-electron chi connectivity index (χ2n) is 6.54. The van der Waals surface area contributed by atoms with Crippen LogP contribution in [0.1, 0.15) is 22.6 Å². The maximum atomic E-state index is 8.94. The Hall–Kier alpha value is -3.78. The lowest BCUT2D eigenvalue weighted by atomic mass is 9.91. The number of nitrogens with zero attached hydrogens (tertiary/aromatic N) is 2. The van der Waals surface area contributed by atoms with E-state index < -0.39 is 0 Å². The number of fused-ring (bicyclic) bond motifs is 1. The maximum Gasteiger partial charge on any atom is 0.125 e. The normalized spacial score (nSPS) is 11.7. The molecule has 0 spiro atoms. The fourth-order valence-electron chi connectivity index (χ4n) is 3.40. The summed E-state index contributed by atoms with van der Waals surface area (Å²) in [6.45, 7) is 0.674. The molecule has 0 saturated heterocycles. The molecule has 0 aliphatic heterocycles. The summed E-state index contributed by atoms with van der Waals surface area (Å²) >= 11 is 0. The predicted molar refractivity (Wildman–Crippen MR) is 111 cm³/mol. The number of nitrogens with one attached hydrogen (secondary N) is 2. The van der Waals surface area contributed by atoms with Crippen molar-refractivity contribution in [2.75, 3.05) is 19.0 Å². The van der Waals surface area contributed by atoms with Crippen LogP contribution in [0.4, 0.5) is 5.82 Å². The van der Waals surface area contributed by atoms with Crippen molar-refractivity contribution >= 4 is 16.7 Å². The average molecular weight is 368 g/mol. The van der Waals surface area contributed by atoms with Crippen LogP contribution in [0.15, 0.2) is 73.1 Å². The topological polar surface area (TPSA) is 73.7 Å². The number of para-hydroxylation sites is 1. The number of nitriles is 1. The first kappa shape index (κ1) is 17.6. The van der Waals surface area contributed by atoms with Gasteiger partial charge in [-0.25, -0.2) is 4.98 Å². The predicted octanol–water partition coefficient (Wildman–Crippen LogP) is 4.69. The largest absolute Gasteiger partial charge is 0.497 e. The van der Waals surface area contributed by atoms with Gasteiger partial charge in [0.1, 0.15) is 17.6 Å². The van der Waals surface area contributed by atoms with Gasteiger partial charge in [-0.1, -0.05) is 30.3 Å². The quantitative estimate of drug-likeness (QED) is 0.518. The Labute approximate surface area is 163 Å². The van der Waals surface area contributed by atoms with Crippen LogP contribution in [0.25, 0.3) is 10.9 Å². The zero-order valence-corrected chi connectivity index (χ0v) is 15.5. The number of rotatable bonds is 6. The van der Waals surface area contributed by atoms with E-state index in [0.29, 0.717) is 12.1 Å². The Morgan fingerprint density at radius 2 is 1.93 bits per heavy atom. The van der Waals surface area contributed by atoms with E-state index in [0.717, 1.165) is 17.1 Å². The standard InChI is InChI=1S/C23H20N4O/c1-28-18-9-7-17(8-10-18)20(14-27-23-11-6-16(12-24)13-26-23)21-15-25-22-5-3-2-4-19(21)22/h2-11,13,15,20,25H,14H2,1H3,(H,26,27)/t20-/m1/s1. The lowest BCUT2D eigenvalue weighted by Crippen LogP contribution is -2.14. The molecule has 0 amide bonds. The molecule has 0 saturated carbocycles. The van der Waals surface area contributed by atoms with Crippen LogP contribution in [0.2, 0.25) is 0 Å². The van der Waals surface area contributed by atoms with E-state index in [9.17, 15) is 0 Å². The van der Waals surface area contributed by atoms with E-state index in [2.05, 4.69) is 57.9 Å². The van der Waals surface area contributed by atoms with Crippen molar-refractivity contribution in [2.24, 2.45) is 0 Å². The van der Waals surface area contributed by atoms with E-state index in [-0.39, 0.29) is 5.92 Å². The zero-order valence-electron chi connectivity index (χ0n) is 15.5. The van der Waals surface area contributed by atoms with Gasteiger partial charge in [0.2, 0.25) is 0 Å². The fraction of sp³-hybridized carbons (Fsp3) is 0.130. The highest BCUT2D eigenvalue weighted by molar-refractivity contribution is 5.84. The first-order valence-electron chi connectivity index (χ1n) is 9.08. The molecule has 5 nitrogen and oxygen atoms in total. The number of methoxy groups -OCH3 is 1. The van der Waals surface area contributed by atoms with E-state index in [1.165, 1.54) is 16.5 Å². The molecule has 0 fully saturated rings. The van der Waals surface area contributed by atoms with E-state index in [1.54, 1.807) is 19.4 Å². The molecule has 4 aromatic rings. The molecular formula is C23H20N4O. The van der Waals surface area contributed by atoms with Crippen LogP contribution in [0, 0.1) is 11.3 Å². The highest BCUT2D eigenvalue weighted by Crippen LogP contribution is 2.32. The lowest BCUT2D eigenvalue weighted by Gasteiger charge is -2.19. The Morgan fingerprint density at radius 3 is 2.64 bits per heavy atom. The number of hydrogen-bond donors (Lipinski definition) is 2. The van der Waals surface area contributed by atoms with Gasteiger partial charge in [0.15, 0.2) is 0 Å². The monoisotopic (exact) mass is 368 g/mol. The van der Waals surface area contributed by atoms with Gasteiger partial charge >= 0.3 is 0 Å². The number of H-pyrrole nitrogens is 1. The first-order chi connectivity index (χ1) is 13.8. The molecule has 2 heterocycles. The van der Waals surface area contributed by atoms with Gasteiger partial charge in [0, 0.05) is 35.8 Å².